The van der Waals surface area contributed by atoms with Crippen molar-refractivity contribution < 1.29 is 9.59 Å². The Morgan fingerprint density at radius 2 is 2.00 bits per heavy atom. The maximum atomic E-state index is 13.1. The van der Waals surface area contributed by atoms with Gasteiger partial charge in [-0.25, -0.2) is 9.97 Å². The van der Waals surface area contributed by atoms with E-state index < -0.39 is 6.04 Å². The summed E-state index contributed by atoms with van der Waals surface area (Å²) < 4.78 is 1.76. The maximum Gasteiger partial charge on any atom is 0.253 e. The lowest BCUT2D eigenvalue weighted by molar-refractivity contribution is -0.118. The fraction of sp³-hybridized carbons (Fsp3) is 0.360. The van der Waals surface area contributed by atoms with Crippen molar-refractivity contribution in [3.63, 3.8) is 0 Å². The highest BCUT2D eigenvalue weighted by molar-refractivity contribution is 6.01. The summed E-state index contributed by atoms with van der Waals surface area (Å²) in [6, 6.07) is 10.7. The number of carbonyl (C=O) groups is 2. The fourth-order valence-electron chi connectivity index (χ4n) is 3.97. The largest absolute Gasteiger partial charge is 0.371 e. The molecular formula is C25H30N6O2. The molecule has 3 aromatic rings. The smallest absolute Gasteiger partial charge is 0.253 e. The Hall–Kier alpha value is -3.68. The van der Waals surface area contributed by atoms with Crippen molar-refractivity contribution in [2.24, 2.45) is 0 Å². The second-order valence-corrected chi connectivity index (χ2v) is 8.28. The number of nitrogens with one attached hydrogen (secondary N) is 2. The van der Waals surface area contributed by atoms with Gasteiger partial charge in [0, 0.05) is 43.1 Å². The van der Waals surface area contributed by atoms with Crippen molar-refractivity contribution in [1.29, 1.82) is 0 Å². The van der Waals surface area contributed by atoms with Crippen LogP contribution in [-0.2, 0) is 4.79 Å². The van der Waals surface area contributed by atoms with Gasteiger partial charge in [-0.2, -0.15) is 0 Å². The summed E-state index contributed by atoms with van der Waals surface area (Å²) >= 11 is 0. The maximum absolute atomic E-state index is 13.1. The van der Waals surface area contributed by atoms with Crippen LogP contribution in [0, 0.1) is 0 Å². The number of carbonyl (C=O) groups excluding carboxylic acids is 2. The molecule has 3 heterocycles. The van der Waals surface area contributed by atoms with E-state index in [4.69, 9.17) is 0 Å². The summed E-state index contributed by atoms with van der Waals surface area (Å²) in [5, 5.41) is 5.88. The Morgan fingerprint density at radius 1 is 1.15 bits per heavy atom. The first-order valence-corrected chi connectivity index (χ1v) is 11.5. The van der Waals surface area contributed by atoms with Crippen LogP contribution in [0.2, 0.25) is 0 Å². The number of rotatable bonds is 9. The van der Waals surface area contributed by atoms with Gasteiger partial charge in [-0.05, 0) is 49.6 Å². The molecule has 0 spiro atoms. The van der Waals surface area contributed by atoms with Gasteiger partial charge in [-0.15, -0.1) is 0 Å². The Labute approximate surface area is 194 Å². The molecule has 2 N–H and O–H groups in total. The Kier molecular flexibility index (Phi) is 7.34. The molecule has 1 aromatic carbocycles. The van der Waals surface area contributed by atoms with Crippen LogP contribution in [0.4, 0.5) is 11.4 Å². The van der Waals surface area contributed by atoms with Gasteiger partial charge < -0.3 is 15.5 Å². The van der Waals surface area contributed by atoms with Crippen LogP contribution in [0.15, 0.2) is 61.3 Å². The zero-order chi connectivity index (χ0) is 23.0. The van der Waals surface area contributed by atoms with Crippen LogP contribution in [0.5, 0.6) is 0 Å². The van der Waals surface area contributed by atoms with Crippen molar-refractivity contribution in [2.45, 2.75) is 45.1 Å². The molecule has 0 saturated carbocycles. The van der Waals surface area contributed by atoms with E-state index in [9.17, 15) is 9.59 Å². The second-order valence-electron chi connectivity index (χ2n) is 8.28. The molecule has 1 unspecified atom stereocenters. The molecule has 2 aromatic heterocycles. The molecule has 1 atom stereocenters. The van der Waals surface area contributed by atoms with Crippen LogP contribution in [0.1, 0.15) is 49.4 Å². The third kappa shape index (κ3) is 5.77. The Morgan fingerprint density at radius 3 is 2.70 bits per heavy atom. The molecule has 0 radical (unpaired) electrons. The van der Waals surface area contributed by atoms with Crippen LogP contribution in [0.3, 0.4) is 0 Å². The predicted molar refractivity (Wildman–Crippen MR) is 129 cm³/mol. The molecule has 4 rings (SSSR count). The molecule has 8 nitrogen and oxygen atoms in total. The topological polar surface area (TPSA) is 92.1 Å². The van der Waals surface area contributed by atoms with Gasteiger partial charge in [0.15, 0.2) is 0 Å². The van der Waals surface area contributed by atoms with Crippen molar-refractivity contribution in [3.05, 3.63) is 66.9 Å². The molecule has 1 aliphatic rings. The van der Waals surface area contributed by atoms with Crippen LogP contribution < -0.4 is 15.5 Å². The van der Waals surface area contributed by atoms with Gasteiger partial charge in [0.05, 0.1) is 5.56 Å². The van der Waals surface area contributed by atoms with Gasteiger partial charge in [0.1, 0.15) is 18.2 Å². The molecule has 8 heteroatoms. The highest BCUT2D eigenvalue weighted by atomic mass is 16.2. The second kappa shape index (κ2) is 10.8. The SMILES string of the molecule is CCCCC(NC(=O)c1ccc(-n2ccnc2)nc1)C(=O)Nc1cccc(N2CCCC2)c1. The van der Waals surface area contributed by atoms with Crippen LogP contribution in [-0.4, -0.2) is 45.5 Å². The normalized spacial score (nSPS) is 14.2. The highest BCUT2D eigenvalue weighted by Gasteiger charge is 2.22. The number of benzene rings is 1. The van der Waals surface area contributed by atoms with E-state index in [2.05, 4.69) is 38.5 Å². The fourth-order valence-corrected chi connectivity index (χ4v) is 3.97. The van der Waals surface area contributed by atoms with Gasteiger partial charge in [-0.1, -0.05) is 25.8 Å². The van der Waals surface area contributed by atoms with E-state index in [1.807, 2.05) is 18.2 Å². The Balaban J connectivity index is 1.42. The summed E-state index contributed by atoms with van der Waals surface area (Å²) in [5.74, 6) is 0.141. The highest BCUT2D eigenvalue weighted by Crippen LogP contribution is 2.23. The lowest BCUT2D eigenvalue weighted by atomic mass is 10.1. The third-order valence-corrected chi connectivity index (χ3v) is 5.83. The Bertz CT molecular complexity index is 1060. The number of amides is 2. The summed E-state index contributed by atoms with van der Waals surface area (Å²) in [4.78, 5) is 36.6. The van der Waals surface area contributed by atoms with Gasteiger partial charge in [0.25, 0.3) is 5.91 Å². The van der Waals surface area contributed by atoms with E-state index in [-0.39, 0.29) is 11.8 Å². The van der Waals surface area contributed by atoms with Crippen LogP contribution >= 0.6 is 0 Å². The van der Waals surface area contributed by atoms with Crippen LogP contribution in [0.25, 0.3) is 5.82 Å². The quantitative estimate of drug-likeness (QED) is 0.522. The van der Waals surface area contributed by atoms with E-state index in [0.29, 0.717) is 17.8 Å². The summed E-state index contributed by atoms with van der Waals surface area (Å²) in [5.41, 5.74) is 2.26. The van der Waals surface area contributed by atoms with E-state index in [1.54, 1.807) is 35.4 Å². The van der Waals surface area contributed by atoms with E-state index >= 15 is 0 Å². The molecule has 0 aliphatic carbocycles. The van der Waals surface area contributed by atoms with E-state index in [0.717, 1.165) is 37.3 Å². The molecule has 1 saturated heterocycles. The molecular weight excluding hydrogens is 416 g/mol. The molecule has 1 aliphatic heterocycles. The summed E-state index contributed by atoms with van der Waals surface area (Å²) in [7, 11) is 0. The zero-order valence-corrected chi connectivity index (χ0v) is 18.9. The van der Waals surface area contributed by atoms with Crippen molar-refractivity contribution in [1.82, 2.24) is 19.9 Å². The lowest BCUT2D eigenvalue weighted by Gasteiger charge is -2.21. The van der Waals surface area contributed by atoms with Crippen molar-refractivity contribution >= 4 is 23.2 Å². The number of unbranched alkanes of at least 4 members (excludes halogenated alkanes) is 1. The standard InChI is InChI=1S/C25H30N6O2/c1-2-3-9-22(25(33)28-20-7-6-8-21(16-20)30-13-4-5-14-30)29-24(32)19-10-11-23(27-17-19)31-15-12-26-18-31/h6-8,10-12,15-18,22H,2-5,9,13-14H2,1H3,(H,28,33)(H,29,32). The molecule has 1 fully saturated rings. The third-order valence-electron chi connectivity index (χ3n) is 5.83. The number of hydrogen-bond acceptors (Lipinski definition) is 5. The number of nitrogens with zero attached hydrogens (tertiary/aromatic N) is 4. The van der Waals surface area contributed by atoms with Gasteiger partial charge >= 0.3 is 0 Å². The first-order valence-electron chi connectivity index (χ1n) is 11.5. The monoisotopic (exact) mass is 446 g/mol. The minimum absolute atomic E-state index is 0.210. The molecule has 172 valence electrons. The van der Waals surface area contributed by atoms with Gasteiger partial charge in [-0.3, -0.25) is 14.2 Å². The summed E-state index contributed by atoms with van der Waals surface area (Å²) in [6.45, 7) is 4.15. The number of aromatic nitrogens is 3. The van der Waals surface area contributed by atoms with Crippen molar-refractivity contribution in [2.75, 3.05) is 23.3 Å². The molecule has 33 heavy (non-hydrogen) atoms. The van der Waals surface area contributed by atoms with Crippen molar-refractivity contribution in [3.8, 4) is 5.82 Å². The minimum Gasteiger partial charge on any atom is -0.371 e. The number of hydrogen-bond donors (Lipinski definition) is 2. The minimum atomic E-state index is -0.624. The molecule has 0 bridgehead atoms. The number of pyridine rings is 1. The van der Waals surface area contributed by atoms with E-state index in [1.165, 1.54) is 19.0 Å². The number of anilines is 2. The summed E-state index contributed by atoms with van der Waals surface area (Å²) in [6.07, 6.45) is 11.3. The zero-order valence-electron chi connectivity index (χ0n) is 18.9. The predicted octanol–water partition coefficient (Wildman–Crippen LogP) is 3.79. The first-order chi connectivity index (χ1) is 16.1. The number of imidazole rings is 1. The molecule has 2 amide bonds. The first kappa shape index (κ1) is 22.5. The average molecular weight is 447 g/mol. The van der Waals surface area contributed by atoms with Gasteiger partial charge in [0.2, 0.25) is 5.91 Å². The lowest BCUT2D eigenvalue weighted by Crippen LogP contribution is -2.43. The average Bonchev–Trinajstić information content (AvgIpc) is 3.57.